The van der Waals surface area contributed by atoms with Crippen LogP contribution in [0.25, 0.3) is 0 Å². The summed E-state index contributed by atoms with van der Waals surface area (Å²) in [4.78, 5) is 0. The Balaban J connectivity index is 2.07. The van der Waals surface area contributed by atoms with Gasteiger partial charge < -0.3 is 0 Å². The lowest BCUT2D eigenvalue weighted by molar-refractivity contribution is 0.433. The molecule has 1 atom stereocenters. The third-order valence-electron chi connectivity index (χ3n) is 5.32. The van der Waals surface area contributed by atoms with E-state index in [1.165, 1.54) is 57.8 Å². The molecule has 1 heteroatoms. The van der Waals surface area contributed by atoms with Crippen LogP contribution in [0.3, 0.4) is 0 Å². The van der Waals surface area contributed by atoms with Crippen molar-refractivity contribution in [2.75, 3.05) is 0 Å². The van der Waals surface area contributed by atoms with Crippen molar-refractivity contribution in [2.24, 2.45) is 5.92 Å². The summed E-state index contributed by atoms with van der Waals surface area (Å²) < 4.78 is 0. The molecular weight excluding hydrogens is 232 g/mol. The van der Waals surface area contributed by atoms with Crippen molar-refractivity contribution in [1.82, 2.24) is 0 Å². The van der Waals surface area contributed by atoms with Gasteiger partial charge in [-0.2, -0.15) is 0 Å². The number of fused-ring (bicyclic) bond motifs is 2. The molecule has 0 N–H and O–H groups in total. The molecule has 3 rings (SSSR count). The topological polar surface area (TPSA) is 0 Å². The third-order valence-corrected chi connectivity index (χ3v) is 7.63. The van der Waals surface area contributed by atoms with E-state index in [4.69, 9.17) is 0 Å². The van der Waals surface area contributed by atoms with Gasteiger partial charge in [-0.3, -0.25) is 0 Å². The van der Waals surface area contributed by atoms with Crippen molar-refractivity contribution in [1.29, 1.82) is 0 Å². The first-order chi connectivity index (χ1) is 8.57. The summed E-state index contributed by atoms with van der Waals surface area (Å²) in [7, 11) is -1.10. The van der Waals surface area contributed by atoms with E-state index < -0.39 is 8.07 Å². The minimum atomic E-state index is -1.10. The Labute approximate surface area is 114 Å². The SMILES string of the molecule is C[Si](C)(C)C1=C2CCCCC2=C2CCCC[C@@H]2C1. The predicted octanol–water partition coefficient (Wildman–Crippen LogP) is 5.62. The summed E-state index contributed by atoms with van der Waals surface area (Å²) in [6.07, 6.45) is 13.0. The maximum Gasteiger partial charge on any atom is 0.0728 e. The average molecular weight is 260 g/mol. The van der Waals surface area contributed by atoms with Gasteiger partial charge in [-0.15, -0.1) is 0 Å². The summed E-state index contributed by atoms with van der Waals surface area (Å²) in [5.41, 5.74) is 5.65. The molecule has 0 heterocycles. The van der Waals surface area contributed by atoms with Crippen LogP contribution in [0.2, 0.25) is 19.6 Å². The van der Waals surface area contributed by atoms with Gasteiger partial charge in [-0.25, -0.2) is 0 Å². The smallest absolute Gasteiger partial charge is 0.0728 e. The molecule has 2 saturated carbocycles. The fourth-order valence-corrected chi connectivity index (χ4v) is 6.47. The van der Waals surface area contributed by atoms with Gasteiger partial charge in [-0.05, 0) is 68.4 Å². The van der Waals surface area contributed by atoms with Gasteiger partial charge >= 0.3 is 0 Å². The van der Waals surface area contributed by atoms with Crippen LogP contribution in [-0.2, 0) is 0 Å². The quantitative estimate of drug-likeness (QED) is 0.536. The zero-order valence-corrected chi connectivity index (χ0v) is 13.4. The van der Waals surface area contributed by atoms with Crippen LogP contribution in [0.5, 0.6) is 0 Å². The molecule has 0 bridgehead atoms. The first kappa shape index (κ1) is 12.7. The Morgan fingerprint density at radius 3 is 2.22 bits per heavy atom. The summed E-state index contributed by atoms with van der Waals surface area (Å²) in [6, 6.07) is 0. The summed E-state index contributed by atoms with van der Waals surface area (Å²) in [6.45, 7) is 7.69. The molecular formula is C17H28Si. The van der Waals surface area contributed by atoms with Gasteiger partial charge in [0.2, 0.25) is 0 Å². The van der Waals surface area contributed by atoms with Gasteiger partial charge in [0, 0.05) is 0 Å². The first-order valence-electron chi connectivity index (χ1n) is 8.02. The van der Waals surface area contributed by atoms with E-state index in [-0.39, 0.29) is 0 Å². The molecule has 0 unspecified atom stereocenters. The average Bonchev–Trinajstić information content (AvgIpc) is 2.37. The second-order valence-corrected chi connectivity index (χ2v) is 12.7. The summed E-state index contributed by atoms with van der Waals surface area (Å²) >= 11 is 0. The van der Waals surface area contributed by atoms with Crippen LogP contribution in [0.1, 0.15) is 57.8 Å². The van der Waals surface area contributed by atoms with Gasteiger partial charge in [0.15, 0.2) is 0 Å². The molecule has 18 heavy (non-hydrogen) atoms. The molecule has 3 aliphatic carbocycles. The van der Waals surface area contributed by atoms with Crippen LogP contribution in [0.4, 0.5) is 0 Å². The molecule has 0 amide bonds. The number of rotatable bonds is 1. The number of allylic oxidation sites excluding steroid dienone is 4. The zero-order valence-electron chi connectivity index (χ0n) is 12.4. The molecule has 100 valence electrons. The molecule has 0 radical (unpaired) electrons. The second kappa shape index (κ2) is 4.66. The standard InChI is InChI=1S/C17H28Si/c1-18(2,3)17-12-13-8-4-5-9-14(13)15-10-6-7-11-16(15)17/h13H,4-12H2,1-3H3/t13-/m1/s1. The fourth-order valence-electron chi connectivity index (χ4n) is 4.43. The van der Waals surface area contributed by atoms with Gasteiger partial charge in [0.1, 0.15) is 0 Å². The lowest BCUT2D eigenvalue weighted by atomic mass is 9.71. The maximum atomic E-state index is 2.56. The summed E-state index contributed by atoms with van der Waals surface area (Å²) in [5, 5.41) is 1.95. The molecule has 0 nitrogen and oxygen atoms in total. The highest BCUT2D eigenvalue weighted by Gasteiger charge is 2.35. The maximum absolute atomic E-state index is 2.56. The molecule has 3 aliphatic rings. The Kier molecular flexibility index (Phi) is 3.30. The minimum absolute atomic E-state index is 0.956. The van der Waals surface area contributed by atoms with Gasteiger partial charge in [0.05, 0.1) is 8.07 Å². The predicted molar refractivity (Wildman–Crippen MR) is 82.4 cm³/mol. The van der Waals surface area contributed by atoms with Crippen LogP contribution in [-0.4, -0.2) is 8.07 Å². The lowest BCUT2D eigenvalue weighted by Gasteiger charge is -2.41. The first-order valence-corrected chi connectivity index (χ1v) is 11.5. The minimum Gasteiger partial charge on any atom is -0.0771 e. The van der Waals surface area contributed by atoms with Crippen molar-refractivity contribution in [3.8, 4) is 0 Å². The van der Waals surface area contributed by atoms with E-state index in [1.54, 1.807) is 0 Å². The van der Waals surface area contributed by atoms with Crippen LogP contribution < -0.4 is 0 Å². The van der Waals surface area contributed by atoms with E-state index in [0.717, 1.165) is 5.92 Å². The van der Waals surface area contributed by atoms with E-state index in [1.807, 2.05) is 21.9 Å². The van der Waals surface area contributed by atoms with Crippen LogP contribution in [0.15, 0.2) is 21.9 Å². The number of hydrogen-bond donors (Lipinski definition) is 0. The van der Waals surface area contributed by atoms with Crippen molar-refractivity contribution < 1.29 is 0 Å². The Morgan fingerprint density at radius 1 is 0.833 bits per heavy atom. The van der Waals surface area contributed by atoms with Gasteiger partial charge in [0.25, 0.3) is 0 Å². The Bertz CT molecular complexity index is 406. The van der Waals surface area contributed by atoms with Crippen molar-refractivity contribution in [3.63, 3.8) is 0 Å². The van der Waals surface area contributed by atoms with E-state index in [2.05, 4.69) is 19.6 Å². The van der Waals surface area contributed by atoms with E-state index in [9.17, 15) is 0 Å². The highest BCUT2D eigenvalue weighted by atomic mass is 28.3. The van der Waals surface area contributed by atoms with Crippen molar-refractivity contribution in [2.45, 2.75) is 77.4 Å². The molecule has 2 fully saturated rings. The van der Waals surface area contributed by atoms with E-state index >= 15 is 0 Å². The van der Waals surface area contributed by atoms with Crippen molar-refractivity contribution in [3.05, 3.63) is 21.9 Å². The van der Waals surface area contributed by atoms with E-state index in [0.29, 0.717) is 0 Å². The van der Waals surface area contributed by atoms with Crippen LogP contribution >= 0.6 is 0 Å². The molecule has 0 aliphatic heterocycles. The van der Waals surface area contributed by atoms with Crippen LogP contribution in [0, 0.1) is 5.92 Å². The Hall–Kier alpha value is -0.303. The highest BCUT2D eigenvalue weighted by molar-refractivity contribution is 6.83. The van der Waals surface area contributed by atoms with Gasteiger partial charge in [-0.1, -0.05) is 36.8 Å². The zero-order chi connectivity index (χ0) is 12.8. The van der Waals surface area contributed by atoms with Crippen molar-refractivity contribution >= 4 is 8.07 Å². The monoisotopic (exact) mass is 260 g/mol. The number of hydrogen-bond acceptors (Lipinski definition) is 0. The molecule has 0 aromatic heterocycles. The fraction of sp³-hybridized carbons (Fsp3) is 0.765. The normalized spacial score (nSPS) is 29.2. The molecule has 0 aromatic carbocycles. The second-order valence-electron chi connectivity index (χ2n) is 7.56. The molecule has 0 saturated heterocycles. The third kappa shape index (κ3) is 2.15. The molecule has 0 aromatic rings. The molecule has 0 spiro atoms. The highest BCUT2D eigenvalue weighted by Crippen LogP contribution is 2.49. The Morgan fingerprint density at radius 2 is 1.50 bits per heavy atom. The summed E-state index contributed by atoms with van der Waals surface area (Å²) in [5.74, 6) is 0.956. The lowest BCUT2D eigenvalue weighted by Crippen LogP contribution is -2.32. The largest absolute Gasteiger partial charge is 0.0771 e.